The Kier molecular flexibility index (Phi) is 4.88. The summed E-state index contributed by atoms with van der Waals surface area (Å²) in [5.41, 5.74) is 0.770. The minimum atomic E-state index is -0.0194. The maximum atomic E-state index is 8.89. The van der Waals surface area contributed by atoms with E-state index in [0.29, 0.717) is 17.4 Å². The van der Waals surface area contributed by atoms with Crippen LogP contribution in [0.25, 0.3) is 0 Å². The zero-order valence-corrected chi connectivity index (χ0v) is 9.62. The van der Waals surface area contributed by atoms with Gasteiger partial charge in [0.25, 0.3) is 0 Å². The molecule has 0 bridgehead atoms. The summed E-state index contributed by atoms with van der Waals surface area (Å²) in [6.07, 6.45) is 0.0265. The van der Waals surface area contributed by atoms with Gasteiger partial charge in [0.2, 0.25) is 0 Å². The lowest BCUT2D eigenvalue weighted by Crippen LogP contribution is -2.16. The molecule has 1 aromatic carbocycles. The van der Waals surface area contributed by atoms with Gasteiger partial charge in [-0.2, -0.15) is 0 Å². The van der Waals surface area contributed by atoms with Crippen LogP contribution in [0, 0.1) is 0 Å². The topological polar surface area (TPSA) is 38.7 Å². The summed E-state index contributed by atoms with van der Waals surface area (Å²) in [6.45, 7) is 2.35. The SMILES string of the molecule is COC(C)COc1ccc(CO)cc1Cl. The Labute approximate surface area is 94.6 Å². The summed E-state index contributed by atoms with van der Waals surface area (Å²) in [6, 6.07) is 5.21. The first-order chi connectivity index (χ1) is 7.17. The van der Waals surface area contributed by atoms with E-state index in [9.17, 15) is 0 Å². The van der Waals surface area contributed by atoms with E-state index >= 15 is 0 Å². The van der Waals surface area contributed by atoms with Gasteiger partial charge in [-0.25, -0.2) is 0 Å². The predicted octanol–water partition coefficient (Wildman–Crippen LogP) is 2.25. The summed E-state index contributed by atoms with van der Waals surface area (Å²) in [5, 5.41) is 9.39. The van der Waals surface area contributed by atoms with Gasteiger partial charge in [0.15, 0.2) is 0 Å². The summed E-state index contributed by atoms with van der Waals surface area (Å²) >= 11 is 5.96. The number of halogens is 1. The normalized spacial score (nSPS) is 12.5. The van der Waals surface area contributed by atoms with Gasteiger partial charge in [0, 0.05) is 7.11 Å². The second kappa shape index (κ2) is 5.95. The quantitative estimate of drug-likeness (QED) is 0.843. The van der Waals surface area contributed by atoms with Gasteiger partial charge in [-0.05, 0) is 24.6 Å². The molecule has 4 heteroatoms. The van der Waals surface area contributed by atoms with Crippen molar-refractivity contribution in [1.29, 1.82) is 0 Å². The maximum Gasteiger partial charge on any atom is 0.138 e. The second-order valence-corrected chi connectivity index (χ2v) is 3.69. The number of aliphatic hydroxyl groups excluding tert-OH is 1. The standard InChI is InChI=1S/C11H15ClO3/c1-8(14-2)7-15-11-4-3-9(6-13)5-10(11)12/h3-5,8,13H,6-7H2,1-2H3. The Bertz CT molecular complexity index is 315. The number of benzene rings is 1. The van der Waals surface area contributed by atoms with Crippen LogP contribution in [0.3, 0.4) is 0 Å². The number of methoxy groups -OCH3 is 1. The van der Waals surface area contributed by atoms with Crippen molar-refractivity contribution in [2.75, 3.05) is 13.7 Å². The van der Waals surface area contributed by atoms with Crippen LogP contribution in [-0.4, -0.2) is 24.9 Å². The Morgan fingerprint density at radius 3 is 2.73 bits per heavy atom. The molecule has 0 saturated carbocycles. The lowest BCUT2D eigenvalue weighted by atomic mass is 10.2. The van der Waals surface area contributed by atoms with Crippen molar-refractivity contribution >= 4 is 11.6 Å². The van der Waals surface area contributed by atoms with Gasteiger partial charge in [-0.1, -0.05) is 17.7 Å². The molecule has 1 N–H and O–H groups in total. The van der Waals surface area contributed by atoms with Crippen LogP contribution in [0.5, 0.6) is 5.75 Å². The first-order valence-electron chi connectivity index (χ1n) is 4.72. The number of rotatable bonds is 5. The molecule has 1 aromatic rings. The van der Waals surface area contributed by atoms with Crippen molar-refractivity contribution in [3.63, 3.8) is 0 Å². The van der Waals surface area contributed by atoms with Crippen molar-refractivity contribution in [3.05, 3.63) is 28.8 Å². The minimum Gasteiger partial charge on any atom is -0.489 e. The molecule has 0 aliphatic rings. The third kappa shape index (κ3) is 3.70. The largest absolute Gasteiger partial charge is 0.489 e. The summed E-state index contributed by atoms with van der Waals surface area (Å²) in [4.78, 5) is 0. The minimum absolute atomic E-state index is 0.0194. The van der Waals surface area contributed by atoms with Crippen LogP contribution in [0.2, 0.25) is 5.02 Å². The molecular weight excluding hydrogens is 216 g/mol. The average Bonchev–Trinajstić information content (AvgIpc) is 2.26. The van der Waals surface area contributed by atoms with Crippen LogP contribution in [0.15, 0.2) is 18.2 Å². The molecule has 0 radical (unpaired) electrons. The van der Waals surface area contributed by atoms with Gasteiger partial charge in [-0.3, -0.25) is 0 Å². The highest BCUT2D eigenvalue weighted by Crippen LogP contribution is 2.25. The zero-order chi connectivity index (χ0) is 11.3. The first kappa shape index (κ1) is 12.3. The molecular formula is C11H15ClO3. The molecule has 1 rings (SSSR count). The number of hydrogen-bond donors (Lipinski definition) is 1. The van der Waals surface area contributed by atoms with E-state index in [0.717, 1.165) is 5.56 Å². The van der Waals surface area contributed by atoms with E-state index in [1.165, 1.54) is 0 Å². The Balaban J connectivity index is 2.62. The molecule has 0 aliphatic carbocycles. The molecule has 0 aliphatic heterocycles. The Morgan fingerprint density at radius 1 is 1.47 bits per heavy atom. The molecule has 0 fully saturated rings. The fourth-order valence-electron chi connectivity index (χ4n) is 1.03. The molecule has 0 spiro atoms. The van der Waals surface area contributed by atoms with Crippen molar-refractivity contribution in [2.24, 2.45) is 0 Å². The highest BCUT2D eigenvalue weighted by Gasteiger charge is 2.05. The molecule has 1 unspecified atom stereocenters. The Hall–Kier alpha value is -0.770. The van der Waals surface area contributed by atoms with Gasteiger partial charge in [-0.15, -0.1) is 0 Å². The molecule has 84 valence electrons. The highest BCUT2D eigenvalue weighted by molar-refractivity contribution is 6.32. The summed E-state index contributed by atoms with van der Waals surface area (Å²) in [7, 11) is 1.63. The fraction of sp³-hybridized carbons (Fsp3) is 0.455. The van der Waals surface area contributed by atoms with Gasteiger partial charge in [0.05, 0.1) is 17.7 Å². The van der Waals surface area contributed by atoms with Gasteiger partial charge in [0.1, 0.15) is 12.4 Å². The average molecular weight is 231 g/mol. The van der Waals surface area contributed by atoms with E-state index in [2.05, 4.69) is 0 Å². The van der Waals surface area contributed by atoms with E-state index in [1.807, 2.05) is 6.92 Å². The van der Waals surface area contributed by atoms with E-state index < -0.39 is 0 Å². The first-order valence-corrected chi connectivity index (χ1v) is 5.10. The fourth-order valence-corrected chi connectivity index (χ4v) is 1.29. The van der Waals surface area contributed by atoms with Crippen LogP contribution in [-0.2, 0) is 11.3 Å². The van der Waals surface area contributed by atoms with E-state index in [4.69, 9.17) is 26.2 Å². The van der Waals surface area contributed by atoms with Crippen molar-refractivity contribution in [3.8, 4) is 5.75 Å². The van der Waals surface area contributed by atoms with Crippen molar-refractivity contribution in [2.45, 2.75) is 19.6 Å². The highest BCUT2D eigenvalue weighted by atomic mass is 35.5. The molecule has 15 heavy (non-hydrogen) atoms. The van der Waals surface area contributed by atoms with Crippen molar-refractivity contribution in [1.82, 2.24) is 0 Å². The summed E-state index contributed by atoms with van der Waals surface area (Å²) in [5.74, 6) is 0.609. The molecule has 0 heterocycles. The Morgan fingerprint density at radius 2 is 2.20 bits per heavy atom. The lowest BCUT2D eigenvalue weighted by Gasteiger charge is -2.12. The van der Waals surface area contributed by atoms with Crippen LogP contribution in [0.1, 0.15) is 12.5 Å². The molecule has 1 atom stereocenters. The molecule has 0 saturated heterocycles. The number of ether oxygens (including phenoxy) is 2. The lowest BCUT2D eigenvalue weighted by molar-refractivity contribution is 0.0717. The molecule has 0 aromatic heterocycles. The van der Waals surface area contributed by atoms with Gasteiger partial charge >= 0.3 is 0 Å². The second-order valence-electron chi connectivity index (χ2n) is 3.28. The third-order valence-corrected chi connectivity index (χ3v) is 2.35. The van der Waals surface area contributed by atoms with Crippen LogP contribution in [0.4, 0.5) is 0 Å². The number of hydrogen-bond acceptors (Lipinski definition) is 3. The monoisotopic (exact) mass is 230 g/mol. The number of aliphatic hydroxyl groups is 1. The van der Waals surface area contributed by atoms with Crippen LogP contribution < -0.4 is 4.74 Å². The van der Waals surface area contributed by atoms with Crippen molar-refractivity contribution < 1.29 is 14.6 Å². The third-order valence-electron chi connectivity index (χ3n) is 2.05. The maximum absolute atomic E-state index is 8.89. The summed E-state index contributed by atoms with van der Waals surface area (Å²) < 4.78 is 10.5. The van der Waals surface area contributed by atoms with Crippen LogP contribution >= 0.6 is 11.6 Å². The van der Waals surface area contributed by atoms with Gasteiger partial charge < -0.3 is 14.6 Å². The zero-order valence-electron chi connectivity index (χ0n) is 8.87. The molecule has 3 nitrogen and oxygen atoms in total. The van der Waals surface area contributed by atoms with E-state index in [1.54, 1.807) is 25.3 Å². The molecule has 0 amide bonds. The smallest absolute Gasteiger partial charge is 0.138 e. The predicted molar refractivity (Wildman–Crippen MR) is 59.3 cm³/mol. The van der Waals surface area contributed by atoms with E-state index in [-0.39, 0.29) is 12.7 Å².